The molecule has 0 aliphatic carbocycles. The first-order valence-corrected chi connectivity index (χ1v) is 11.6. The average Bonchev–Trinajstić information content (AvgIpc) is 2.71. The van der Waals surface area contributed by atoms with Crippen molar-refractivity contribution in [3.63, 3.8) is 0 Å². The fourth-order valence-electron chi connectivity index (χ4n) is 2.63. The third-order valence-corrected chi connectivity index (χ3v) is 5.17. The van der Waals surface area contributed by atoms with E-state index in [9.17, 15) is 33.9 Å². The van der Waals surface area contributed by atoms with Crippen LogP contribution in [0.4, 0.5) is 0 Å². The first-order valence-electron chi connectivity index (χ1n) is 10.2. The lowest BCUT2D eigenvalue weighted by molar-refractivity contribution is -0.143. The molecule has 0 radical (unpaired) electrons. The predicted molar refractivity (Wildman–Crippen MR) is 120 cm³/mol. The monoisotopic (exact) mass is 491 g/mol. The highest BCUT2D eigenvalue weighted by atomic mass is 32.2. The number of carbonyl (C=O) groups excluding carboxylic acids is 4. The number of nitrogens with two attached hydrogens (primary N) is 2. The number of carbonyl (C=O) groups is 6. The van der Waals surface area contributed by atoms with Gasteiger partial charge in [0.05, 0.1) is 12.5 Å². The van der Waals surface area contributed by atoms with E-state index in [4.69, 9.17) is 16.6 Å². The summed E-state index contributed by atoms with van der Waals surface area (Å²) in [5, 5.41) is 25.3. The number of thioether (sulfide) groups is 1. The van der Waals surface area contributed by atoms with Gasteiger partial charge in [-0.25, -0.2) is 4.79 Å². The summed E-state index contributed by atoms with van der Waals surface area (Å²) < 4.78 is 0. The van der Waals surface area contributed by atoms with Crippen LogP contribution in [0, 0.1) is 5.92 Å². The summed E-state index contributed by atoms with van der Waals surface area (Å²) in [7, 11) is 0. The SMILES string of the molecule is CSCCC(N)C(=O)NC(CC(=O)O)C(=O)NC(C(=O)NC(CCC(N)=O)C(=O)O)C(C)C. The Labute approximate surface area is 195 Å². The van der Waals surface area contributed by atoms with E-state index in [0.29, 0.717) is 12.2 Å². The molecule has 0 fully saturated rings. The number of rotatable bonds is 16. The van der Waals surface area contributed by atoms with Gasteiger partial charge in [0, 0.05) is 6.42 Å². The third kappa shape index (κ3) is 12.1. The summed E-state index contributed by atoms with van der Waals surface area (Å²) in [6.07, 6.45) is 0.856. The normalized spacial score (nSPS) is 14.5. The van der Waals surface area contributed by atoms with Crippen LogP contribution >= 0.6 is 11.8 Å². The number of carboxylic acids is 2. The number of amides is 4. The lowest BCUT2D eigenvalue weighted by Gasteiger charge is -2.26. The first-order chi connectivity index (χ1) is 15.3. The van der Waals surface area contributed by atoms with Gasteiger partial charge in [-0.1, -0.05) is 13.8 Å². The third-order valence-electron chi connectivity index (χ3n) is 4.52. The van der Waals surface area contributed by atoms with Gasteiger partial charge in [0.15, 0.2) is 0 Å². The van der Waals surface area contributed by atoms with E-state index in [1.54, 1.807) is 13.8 Å². The zero-order valence-corrected chi connectivity index (χ0v) is 19.6. The molecule has 0 heterocycles. The molecule has 13 nitrogen and oxygen atoms in total. The molecule has 0 saturated carbocycles. The van der Waals surface area contributed by atoms with Crippen LogP contribution in [0.3, 0.4) is 0 Å². The Balaban J connectivity index is 5.39. The Morgan fingerprint density at radius 2 is 1.45 bits per heavy atom. The molecule has 4 atom stereocenters. The van der Waals surface area contributed by atoms with Crippen molar-refractivity contribution in [3.05, 3.63) is 0 Å². The van der Waals surface area contributed by atoms with Gasteiger partial charge in [-0.05, 0) is 30.8 Å². The summed E-state index contributed by atoms with van der Waals surface area (Å²) in [6.45, 7) is 3.15. The second-order valence-corrected chi connectivity index (χ2v) is 8.67. The molecule has 0 aromatic rings. The largest absolute Gasteiger partial charge is 0.481 e. The van der Waals surface area contributed by atoms with Gasteiger partial charge in [-0.2, -0.15) is 11.8 Å². The summed E-state index contributed by atoms with van der Waals surface area (Å²) in [4.78, 5) is 71.1. The predicted octanol–water partition coefficient (Wildman–Crippen LogP) is -2.00. The van der Waals surface area contributed by atoms with Crippen molar-refractivity contribution in [3.8, 4) is 0 Å². The maximum absolute atomic E-state index is 12.7. The van der Waals surface area contributed by atoms with Gasteiger partial charge in [-0.15, -0.1) is 0 Å². The van der Waals surface area contributed by atoms with Crippen molar-refractivity contribution in [1.29, 1.82) is 0 Å². The smallest absolute Gasteiger partial charge is 0.326 e. The second kappa shape index (κ2) is 15.1. The number of nitrogens with one attached hydrogen (secondary N) is 3. The standard InChI is InChI=1S/C19H33N5O8S/c1-9(2)15(18(30)22-11(19(31)32)4-5-13(21)25)24-17(29)12(8-14(26)27)23-16(28)10(20)6-7-33-3/h9-12,15H,4-8,20H2,1-3H3,(H2,21,25)(H,22,30)(H,23,28)(H,24,29)(H,26,27)(H,31,32). The van der Waals surface area contributed by atoms with Crippen molar-refractivity contribution in [2.45, 2.75) is 63.7 Å². The minimum absolute atomic E-state index is 0.249. The van der Waals surface area contributed by atoms with Crippen molar-refractivity contribution >= 4 is 47.3 Å². The summed E-state index contributed by atoms with van der Waals surface area (Å²) in [6, 6.07) is -5.12. The Hall–Kier alpha value is -2.87. The summed E-state index contributed by atoms with van der Waals surface area (Å²) in [5.74, 6) is -5.96. The van der Waals surface area contributed by atoms with E-state index in [2.05, 4.69) is 16.0 Å². The van der Waals surface area contributed by atoms with E-state index in [1.807, 2.05) is 6.26 Å². The van der Waals surface area contributed by atoms with Crippen molar-refractivity contribution < 1.29 is 39.0 Å². The highest BCUT2D eigenvalue weighted by molar-refractivity contribution is 7.98. The second-order valence-electron chi connectivity index (χ2n) is 7.68. The maximum atomic E-state index is 12.7. The van der Waals surface area contributed by atoms with Gasteiger partial charge < -0.3 is 37.6 Å². The van der Waals surface area contributed by atoms with Crippen LogP contribution in [0.1, 0.15) is 39.5 Å². The summed E-state index contributed by atoms with van der Waals surface area (Å²) in [5.41, 5.74) is 10.8. The lowest BCUT2D eigenvalue weighted by Crippen LogP contribution is -2.58. The Kier molecular flexibility index (Phi) is 13.7. The van der Waals surface area contributed by atoms with Crippen LogP contribution in [-0.2, 0) is 28.8 Å². The molecular formula is C19H33N5O8S. The minimum atomic E-state index is -1.51. The molecule has 0 aliphatic heterocycles. The van der Waals surface area contributed by atoms with Crippen LogP contribution in [0.25, 0.3) is 0 Å². The number of hydrogen-bond donors (Lipinski definition) is 7. The number of carboxylic acid groups (broad SMARTS) is 2. The Morgan fingerprint density at radius 1 is 0.879 bits per heavy atom. The molecule has 188 valence electrons. The van der Waals surface area contributed by atoms with Gasteiger partial charge in [0.25, 0.3) is 0 Å². The zero-order valence-electron chi connectivity index (χ0n) is 18.8. The maximum Gasteiger partial charge on any atom is 0.326 e. The highest BCUT2D eigenvalue weighted by Crippen LogP contribution is 2.07. The van der Waals surface area contributed by atoms with Crippen LogP contribution in [0.15, 0.2) is 0 Å². The first kappa shape index (κ1) is 30.1. The molecule has 4 unspecified atom stereocenters. The lowest BCUT2D eigenvalue weighted by atomic mass is 10.0. The quantitative estimate of drug-likeness (QED) is 0.125. The number of hydrogen-bond acceptors (Lipinski definition) is 8. The van der Waals surface area contributed by atoms with E-state index in [1.165, 1.54) is 11.8 Å². The molecule has 14 heteroatoms. The van der Waals surface area contributed by atoms with Gasteiger partial charge >= 0.3 is 11.9 Å². The fourth-order valence-corrected chi connectivity index (χ4v) is 3.12. The molecule has 0 aromatic heterocycles. The molecule has 0 aliphatic rings. The average molecular weight is 492 g/mol. The van der Waals surface area contributed by atoms with E-state index in [-0.39, 0.29) is 12.8 Å². The molecule has 9 N–H and O–H groups in total. The number of primary amides is 1. The van der Waals surface area contributed by atoms with Crippen LogP contribution in [0.2, 0.25) is 0 Å². The molecule has 0 saturated heterocycles. The van der Waals surface area contributed by atoms with Gasteiger partial charge in [0.2, 0.25) is 23.6 Å². The summed E-state index contributed by atoms with van der Waals surface area (Å²) >= 11 is 1.46. The van der Waals surface area contributed by atoms with Gasteiger partial charge in [-0.3, -0.25) is 24.0 Å². The van der Waals surface area contributed by atoms with Crippen molar-refractivity contribution in [1.82, 2.24) is 16.0 Å². The van der Waals surface area contributed by atoms with E-state index < -0.39 is 72.1 Å². The molecule has 0 rings (SSSR count). The van der Waals surface area contributed by atoms with E-state index in [0.717, 1.165) is 0 Å². The van der Waals surface area contributed by atoms with Crippen LogP contribution in [0.5, 0.6) is 0 Å². The molecule has 0 bridgehead atoms. The van der Waals surface area contributed by atoms with Gasteiger partial charge in [0.1, 0.15) is 18.1 Å². The van der Waals surface area contributed by atoms with Crippen molar-refractivity contribution in [2.24, 2.45) is 17.4 Å². The van der Waals surface area contributed by atoms with Crippen molar-refractivity contribution in [2.75, 3.05) is 12.0 Å². The molecule has 0 spiro atoms. The fraction of sp³-hybridized carbons (Fsp3) is 0.684. The molecular weight excluding hydrogens is 458 g/mol. The Bertz CT molecular complexity index is 733. The zero-order chi connectivity index (χ0) is 25.7. The Morgan fingerprint density at radius 3 is 1.91 bits per heavy atom. The van der Waals surface area contributed by atoms with E-state index >= 15 is 0 Å². The minimum Gasteiger partial charge on any atom is -0.481 e. The molecule has 33 heavy (non-hydrogen) atoms. The molecule has 0 aromatic carbocycles. The van der Waals surface area contributed by atoms with Crippen LogP contribution < -0.4 is 27.4 Å². The highest BCUT2D eigenvalue weighted by Gasteiger charge is 2.32. The number of aliphatic carboxylic acids is 2. The van der Waals surface area contributed by atoms with Crippen LogP contribution in [-0.4, -0.2) is 82.0 Å². The molecule has 4 amide bonds. The topological polar surface area (TPSA) is 231 Å².